The van der Waals surface area contributed by atoms with Crippen LogP contribution in [-0.2, 0) is 12.8 Å². The van der Waals surface area contributed by atoms with Gasteiger partial charge in [-0.15, -0.1) is 5.10 Å². The average molecular weight is 260 g/mol. The summed E-state index contributed by atoms with van der Waals surface area (Å²) in [5.74, 6) is 3.36. The molecule has 2 aromatic heterocycles. The lowest BCUT2D eigenvalue weighted by atomic mass is 10.4. The summed E-state index contributed by atoms with van der Waals surface area (Å²) >= 11 is 0. The third kappa shape index (κ3) is 3.07. The van der Waals surface area contributed by atoms with Crippen molar-refractivity contribution in [3.05, 3.63) is 24.0 Å². The molecule has 6 nitrogen and oxygen atoms in total. The van der Waals surface area contributed by atoms with E-state index in [9.17, 15) is 0 Å². The van der Waals surface area contributed by atoms with E-state index in [-0.39, 0.29) is 0 Å². The lowest BCUT2D eigenvalue weighted by Crippen LogP contribution is -2.08. The minimum Gasteiger partial charge on any atom is -0.370 e. The number of aryl methyl sites for hydroxylation is 2. The molecule has 0 saturated carbocycles. The van der Waals surface area contributed by atoms with Crippen molar-refractivity contribution in [2.75, 3.05) is 11.9 Å². The Kier molecular flexibility index (Phi) is 4.43. The number of anilines is 1. The van der Waals surface area contributed by atoms with Gasteiger partial charge >= 0.3 is 0 Å². The van der Waals surface area contributed by atoms with Gasteiger partial charge in [0, 0.05) is 25.5 Å². The van der Waals surface area contributed by atoms with Crippen molar-refractivity contribution in [3.8, 4) is 5.82 Å². The van der Waals surface area contributed by atoms with Crippen molar-refractivity contribution in [3.63, 3.8) is 0 Å². The van der Waals surface area contributed by atoms with E-state index in [0.29, 0.717) is 0 Å². The molecule has 2 aromatic rings. The molecule has 2 rings (SSSR count). The van der Waals surface area contributed by atoms with Crippen LogP contribution < -0.4 is 5.32 Å². The third-order valence-electron chi connectivity index (χ3n) is 2.78. The highest BCUT2D eigenvalue weighted by Gasteiger charge is 2.10. The van der Waals surface area contributed by atoms with E-state index < -0.39 is 0 Å². The summed E-state index contributed by atoms with van der Waals surface area (Å²) in [6.07, 6.45) is 4.27. The summed E-state index contributed by atoms with van der Waals surface area (Å²) in [5, 5.41) is 7.73. The predicted octanol–water partition coefficient (Wildman–Crippen LogP) is 2.00. The first-order valence-electron chi connectivity index (χ1n) is 6.79. The molecule has 0 unspecified atom stereocenters. The van der Waals surface area contributed by atoms with Crippen LogP contribution in [0.1, 0.15) is 38.8 Å². The molecule has 6 heteroatoms. The summed E-state index contributed by atoms with van der Waals surface area (Å²) in [6.45, 7) is 7.13. The first-order valence-corrected chi connectivity index (χ1v) is 6.79. The molecule has 0 radical (unpaired) electrons. The zero-order valence-corrected chi connectivity index (χ0v) is 11.7. The Balaban J connectivity index is 2.32. The van der Waals surface area contributed by atoms with Crippen LogP contribution in [0, 0.1) is 0 Å². The number of hydrogen-bond acceptors (Lipinski definition) is 5. The van der Waals surface area contributed by atoms with Crippen LogP contribution in [0.3, 0.4) is 0 Å². The van der Waals surface area contributed by atoms with Gasteiger partial charge in [-0.05, 0) is 6.42 Å². The van der Waals surface area contributed by atoms with Gasteiger partial charge in [0.15, 0.2) is 11.6 Å². The SMILES string of the molecule is CCCNc1cc(-n2nc(CC)nc2CC)ncn1. The highest BCUT2D eigenvalue weighted by molar-refractivity contribution is 5.40. The minimum atomic E-state index is 0.762. The Bertz CT molecular complexity index is 534. The van der Waals surface area contributed by atoms with Gasteiger partial charge < -0.3 is 5.32 Å². The fourth-order valence-corrected chi connectivity index (χ4v) is 1.77. The maximum Gasteiger partial charge on any atom is 0.161 e. The molecule has 102 valence electrons. The van der Waals surface area contributed by atoms with Gasteiger partial charge in [-0.1, -0.05) is 20.8 Å². The largest absolute Gasteiger partial charge is 0.370 e. The number of rotatable bonds is 6. The van der Waals surface area contributed by atoms with Crippen molar-refractivity contribution in [1.29, 1.82) is 0 Å². The second kappa shape index (κ2) is 6.26. The summed E-state index contributed by atoms with van der Waals surface area (Å²) < 4.78 is 1.80. The molecule has 0 fully saturated rings. The maximum absolute atomic E-state index is 4.49. The Morgan fingerprint density at radius 1 is 1.16 bits per heavy atom. The standard InChI is InChI=1S/C13H20N6/c1-4-7-14-11-8-13(16-9-15-11)19-12(6-3)17-10(5-2)18-19/h8-9H,4-7H2,1-3H3,(H,14,15,16). The van der Waals surface area contributed by atoms with Gasteiger partial charge in [0.2, 0.25) is 0 Å². The van der Waals surface area contributed by atoms with Gasteiger partial charge in [0.1, 0.15) is 18.0 Å². The molecule has 0 spiro atoms. The van der Waals surface area contributed by atoms with Crippen LogP contribution in [0.25, 0.3) is 5.82 Å². The summed E-state index contributed by atoms with van der Waals surface area (Å²) in [6, 6.07) is 1.91. The average Bonchev–Trinajstić information content (AvgIpc) is 2.89. The fraction of sp³-hybridized carbons (Fsp3) is 0.538. The van der Waals surface area contributed by atoms with Crippen molar-refractivity contribution >= 4 is 5.82 Å². The maximum atomic E-state index is 4.49. The first kappa shape index (κ1) is 13.5. The molecule has 0 aliphatic rings. The molecular weight excluding hydrogens is 240 g/mol. The van der Waals surface area contributed by atoms with Crippen molar-refractivity contribution < 1.29 is 0 Å². The highest BCUT2D eigenvalue weighted by atomic mass is 15.4. The van der Waals surface area contributed by atoms with Crippen LogP contribution in [0.2, 0.25) is 0 Å². The Morgan fingerprint density at radius 2 is 2.00 bits per heavy atom. The van der Waals surface area contributed by atoms with Crippen LogP contribution >= 0.6 is 0 Å². The fourth-order valence-electron chi connectivity index (χ4n) is 1.77. The number of aromatic nitrogens is 5. The Morgan fingerprint density at radius 3 is 2.68 bits per heavy atom. The summed E-state index contributed by atoms with van der Waals surface area (Å²) in [5.41, 5.74) is 0. The van der Waals surface area contributed by atoms with Crippen LogP contribution in [0.15, 0.2) is 12.4 Å². The number of nitrogens with one attached hydrogen (secondary N) is 1. The van der Waals surface area contributed by atoms with E-state index in [4.69, 9.17) is 0 Å². The van der Waals surface area contributed by atoms with Gasteiger partial charge in [-0.2, -0.15) is 4.68 Å². The summed E-state index contributed by atoms with van der Waals surface area (Å²) in [4.78, 5) is 13.0. The molecule has 0 aromatic carbocycles. The van der Waals surface area contributed by atoms with E-state index in [1.54, 1.807) is 11.0 Å². The van der Waals surface area contributed by atoms with Crippen LogP contribution in [0.4, 0.5) is 5.82 Å². The summed E-state index contributed by atoms with van der Waals surface area (Å²) in [7, 11) is 0. The van der Waals surface area contributed by atoms with Gasteiger partial charge in [-0.25, -0.2) is 15.0 Å². The molecular formula is C13H20N6. The topological polar surface area (TPSA) is 68.5 Å². The van der Waals surface area contributed by atoms with Crippen LogP contribution in [0.5, 0.6) is 0 Å². The Hall–Kier alpha value is -1.98. The number of nitrogens with zero attached hydrogens (tertiary/aromatic N) is 5. The quantitative estimate of drug-likeness (QED) is 0.860. The van der Waals surface area contributed by atoms with Crippen molar-refractivity contribution in [1.82, 2.24) is 24.7 Å². The minimum absolute atomic E-state index is 0.762. The second-order valence-corrected chi connectivity index (χ2v) is 4.25. The molecule has 2 heterocycles. The van der Waals surface area contributed by atoms with E-state index >= 15 is 0 Å². The zero-order valence-electron chi connectivity index (χ0n) is 11.7. The Labute approximate surface area is 113 Å². The molecule has 19 heavy (non-hydrogen) atoms. The third-order valence-corrected chi connectivity index (χ3v) is 2.78. The van der Waals surface area contributed by atoms with Crippen LogP contribution in [-0.4, -0.2) is 31.3 Å². The molecule has 0 aliphatic heterocycles. The zero-order chi connectivity index (χ0) is 13.7. The van der Waals surface area contributed by atoms with Gasteiger partial charge in [0.25, 0.3) is 0 Å². The highest BCUT2D eigenvalue weighted by Crippen LogP contribution is 2.11. The molecule has 0 amide bonds. The molecule has 0 bridgehead atoms. The van der Waals surface area contributed by atoms with E-state index in [2.05, 4.69) is 39.2 Å². The molecule has 0 saturated heterocycles. The van der Waals surface area contributed by atoms with E-state index in [0.717, 1.165) is 49.1 Å². The lowest BCUT2D eigenvalue weighted by molar-refractivity contribution is 0.765. The predicted molar refractivity (Wildman–Crippen MR) is 74.5 cm³/mol. The monoisotopic (exact) mass is 260 g/mol. The van der Waals surface area contributed by atoms with Gasteiger partial charge in [-0.3, -0.25) is 0 Å². The normalized spacial score (nSPS) is 10.7. The van der Waals surface area contributed by atoms with Gasteiger partial charge in [0.05, 0.1) is 0 Å². The molecule has 0 atom stereocenters. The van der Waals surface area contributed by atoms with E-state index in [1.807, 2.05) is 13.0 Å². The molecule has 1 N–H and O–H groups in total. The molecule has 0 aliphatic carbocycles. The van der Waals surface area contributed by atoms with Crippen molar-refractivity contribution in [2.24, 2.45) is 0 Å². The van der Waals surface area contributed by atoms with Crippen molar-refractivity contribution in [2.45, 2.75) is 40.0 Å². The second-order valence-electron chi connectivity index (χ2n) is 4.25. The lowest BCUT2D eigenvalue weighted by Gasteiger charge is -2.06. The first-order chi connectivity index (χ1) is 9.28. The van der Waals surface area contributed by atoms with E-state index in [1.165, 1.54) is 0 Å². The smallest absolute Gasteiger partial charge is 0.161 e. The number of hydrogen-bond donors (Lipinski definition) is 1.